The van der Waals surface area contributed by atoms with Crippen molar-refractivity contribution in [1.29, 1.82) is 0 Å². The van der Waals surface area contributed by atoms with Gasteiger partial charge in [0.1, 0.15) is 5.82 Å². The number of aryl methyl sites for hydroxylation is 2. The van der Waals surface area contributed by atoms with Crippen molar-refractivity contribution in [1.82, 2.24) is 19.2 Å². The quantitative estimate of drug-likeness (QED) is 0.594. The summed E-state index contributed by atoms with van der Waals surface area (Å²) in [5, 5.41) is 4.63. The van der Waals surface area contributed by atoms with Gasteiger partial charge in [-0.05, 0) is 70.1 Å². The van der Waals surface area contributed by atoms with Crippen molar-refractivity contribution in [3.05, 3.63) is 40.4 Å². The summed E-state index contributed by atoms with van der Waals surface area (Å²) in [6, 6.07) is 8.24. The van der Waals surface area contributed by atoms with Gasteiger partial charge in [-0.25, -0.2) is 4.68 Å². The Morgan fingerprint density at radius 3 is 2.92 bits per heavy atom. The van der Waals surface area contributed by atoms with Crippen molar-refractivity contribution in [3.63, 3.8) is 0 Å². The molecule has 1 aromatic heterocycles. The van der Waals surface area contributed by atoms with Crippen LogP contribution in [0.1, 0.15) is 31.2 Å². The van der Waals surface area contributed by atoms with Crippen LogP contribution in [0, 0.1) is 24.5 Å². The molecule has 2 heterocycles. The van der Waals surface area contributed by atoms with Crippen molar-refractivity contribution in [2.75, 3.05) is 19.7 Å². The lowest BCUT2D eigenvalue weighted by molar-refractivity contribution is -0.150. The van der Waals surface area contributed by atoms with Gasteiger partial charge >= 0.3 is 5.97 Å². The minimum Gasteiger partial charge on any atom is -0.466 e. The molecule has 7 heteroatoms. The van der Waals surface area contributed by atoms with Crippen LogP contribution in [0.4, 0.5) is 0 Å². The molecule has 0 aliphatic carbocycles. The molecule has 0 spiro atoms. The first-order valence-electron chi connectivity index (χ1n) is 9.12. The molecule has 1 aromatic carbocycles. The summed E-state index contributed by atoms with van der Waals surface area (Å²) in [4.78, 5) is 14.3. The number of aromatic nitrogens is 3. The van der Waals surface area contributed by atoms with Gasteiger partial charge in [0.15, 0.2) is 0 Å². The summed E-state index contributed by atoms with van der Waals surface area (Å²) >= 11 is 5.67. The molecular formula is C19H26N4O2S. The van der Waals surface area contributed by atoms with Crippen LogP contribution >= 0.6 is 12.2 Å². The lowest BCUT2D eigenvalue weighted by atomic mass is 9.99. The van der Waals surface area contributed by atoms with E-state index in [-0.39, 0.29) is 11.9 Å². The average molecular weight is 375 g/mol. The summed E-state index contributed by atoms with van der Waals surface area (Å²) in [7, 11) is 0. The fourth-order valence-corrected chi connectivity index (χ4v) is 3.83. The number of ether oxygens (including phenoxy) is 1. The Labute approximate surface area is 159 Å². The van der Waals surface area contributed by atoms with Crippen LogP contribution in [-0.2, 0) is 16.2 Å². The van der Waals surface area contributed by atoms with Gasteiger partial charge in [-0.15, -0.1) is 0 Å². The molecule has 1 saturated heterocycles. The van der Waals surface area contributed by atoms with Crippen LogP contribution < -0.4 is 0 Å². The first-order chi connectivity index (χ1) is 12.5. The SMILES string of the molecule is CCOC(=O)[C@H]1CCCN(Cn2nc(C)n(-c3cccc(C)c3)c2=S)C1. The second kappa shape index (κ2) is 8.14. The smallest absolute Gasteiger partial charge is 0.310 e. The van der Waals surface area contributed by atoms with E-state index in [0.717, 1.165) is 30.9 Å². The highest BCUT2D eigenvalue weighted by Crippen LogP contribution is 2.19. The van der Waals surface area contributed by atoms with E-state index in [1.165, 1.54) is 5.56 Å². The van der Waals surface area contributed by atoms with E-state index < -0.39 is 0 Å². The molecule has 0 radical (unpaired) electrons. The lowest BCUT2D eigenvalue weighted by Crippen LogP contribution is -2.40. The summed E-state index contributed by atoms with van der Waals surface area (Å²) < 4.78 is 9.70. The second-order valence-electron chi connectivity index (χ2n) is 6.81. The molecule has 0 amide bonds. The van der Waals surface area contributed by atoms with E-state index in [9.17, 15) is 4.79 Å². The summed E-state index contributed by atoms with van der Waals surface area (Å²) in [5.74, 6) is 0.708. The molecule has 0 N–H and O–H groups in total. The Kier molecular flexibility index (Phi) is 5.88. The van der Waals surface area contributed by atoms with Crippen LogP contribution in [0.2, 0.25) is 0 Å². The molecule has 1 atom stereocenters. The van der Waals surface area contributed by atoms with Crippen LogP contribution in [0.5, 0.6) is 0 Å². The number of piperidine rings is 1. The second-order valence-corrected chi connectivity index (χ2v) is 7.18. The van der Waals surface area contributed by atoms with Crippen LogP contribution in [0.25, 0.3) is 5.69 Å². The van der Waals surface area contributed by atoms with Crippen LogP contribution in [0.15, 0.2) is 24.3 Å². The zero-order valence-electron chi connectivity index (χ0n) is 15.6. The van der Waals surface area contributed by atoms with Crippen molar-refractivity contribution in [3.8, 4) is 5.69 Å². The van der Waals surface area contributed by atoms with E-state index in [0.29, 0.717) is 24.6 Å². The number of nitrogens with zero attached hydrogens (tertiary/aromatic N) is 4. The van der Waals surface area contributed by atoms with Gasteiger partial charge in [0, 0.05) is 12.2 Å². The number of rotatable bonds is 5. The van der Waals surface area contributed by atoms with Crippen molar-refractivity contribution >= 4 is 18.2 Å². The number of carbonyl (C=O) groups is 1. The number of hydrogen-bond acceptors (Lipinski definition) is 5. The fraction of sp³-hybridized carbons (Fsp3) is 0.526. The summed E-state index contributed by atoms with van der Waals surface area (Å²) in [6.45, 7) is 8.53. The summed E-state index contributed by atoms with van der Waals surface area (Å²) in [5.41, 5.74) is 2.21. The van der Waals surface area contributed by atoms with Crippen LogP contribution in [0.3, 0.4) is 0 Å². The van der Waals surface area contributed by atoms with Gasteiger partial charge in [-0.3, -0.25) is 14.3 Å². The molecule has 0 saturated carbocycles. The van der Waals surface area contributed by atoms with E-state index in [2.05, 4.69) is 29.1 Å². The standard InChI is InChI=1S/C19H26N4O2S/c1-4-25-18(24)16-8-6-10-21(12-16)13-22-19(26)23(15(3)20-22)17-9-5-7-14(2)11-17/h5,7,9,11,16H,4,6,8,10,12-13H2,1-3H3/t16-/m0/s1. The van der Waals surface area contributed by atoms with Gasteiger partial charge in [-0.2, -0.15) is 5.10 Å². The Morgan fingerprint density at radius 2 is 2.19 bits per heavy atom. The highest BCUT2D eigenvalue weighted by atomic mass is 32.1. The largest absolute Gasteiger partial charge is 0.466 e. The molecule has 0 unspecified atom stereocenters. The highest BCUT2D eigenvalue weighted by Gasteiger charge is 2.27. The maximum atomic E-state index is 12.0. The number of esters is 1. The van der Waals surface area contributed by atoms with Crippen molar-refractivity contribution in [2.24, 2.45) is 5.92 Å². The number of likely N-dealkylation sites (tertiary alicyclic amines) is 1. The molecule has 1 aliphatic heterocycles. The monoisotopic (exact) mass is 374 g/mol. The molecule has 1 fully saturated rings. The zero-order valence-corrected chi connectivity index (χ0v) is 16.5. The maximum absolute atomic E-state index is 12.0. The van der Waals surface area contributed by atoms with E-state index in [1.807, 2.05) is 35.2 Å². The van der Waals surface area contributed by atoms with E-state index in [1.54, 1.807) is 0 Å². The van der Waals surface area contributed by atoms with E-state index in [4.69, 9.17) is 17.0 Å². The predicted octanol–water partition coefficient (Wildman–Crippen LogP) is 3.25. The van der Waals surface area contributed by atoms with Gasteiger partial charge in [-0.1, -0.05) is 12.1 Å². The molecule has 2 aromatic rings. The normalized spacial score (nSPS) is 18.0. The van der Waals surface area contributed by atoms with E-state index >= 15 is 0 Å². The van der Waals surface area contributed by atoms with Gasteiger partial charge < -0.3 is 4.74 Å². The van der Waals surface area contributed by atoms with Gasteiger partial charge in [0.2, 0.25) is 4.77 Å². The minimum absolute atomic E-state index is 0.0576. The fourth-order valence-electron chi connectivity index (χ4n) is 3.50. The van der Waals surface area contributed by atoms with Gasteiger partial charge in [0.05, 0.1) is 19.2 Å². The average Bonchev–Trinajstić information content (AvgIpc) is 2.89. The Hall–Kier alpha value is -1.99. The number of carbonyl (C=O) groups excluding carboxylic acids is 1. The Bertz CT molecular complexity index is 842. The number of hydrogen-bond donors (Lipinski definition) is 0. The molecule has 6 nitrogen and oxygen atoms in total. The number of benzene rings is 1. The lowest BCUT2D eigenvalue weighted by Gasteiger charge is -2.31. The molecule has 0 bridgehead atoms. The molecule has 26 heavy (non-hydrogen) atoms. The third kappa shape index (κ3) is 4.04. The molecule has 3 rings (SSSR count). The maximum Gasteiger partial charge on any atom is 0.310 e. The van der Waals surface area contributed by atoms with Crippen molar-refractivity contribution < 1.29 is 9.53 Å². The summed E-state index contributed by atoms with van der Waals surface area (Å²) in [6.07, 6.45) is 1.87. The molecule has 140 valence electrons. The topological polar surface area (TPSA) is 52.3 Å². The molecule has 1 aliphatic rings. The third-order valence-corrected chi connectivity index (χ3v) is 5.11. The van der Waals surface area contributed by atoms with Crippen LogP contribution in [-0.4, -0.2) is 44.9 Å². The molecular weight excluding hydrogens is 348 g/mol. The Balaban J connectivity index is 1.78. The minimum atomic E-state index is -0.0951. The highest BCUT2D eigenvalue weighted by molar-refractivity contribution is 7.71. The third-order valence-electron chi connectivity index (χ3n) is 4.72. The first kappa shape index (κ1) is 18.8. The predicted molar refractivity (Wildman–Crippen MR) is 103 cm³/mol. The van der Waals surface area contributed by atoms with Crippen molar-refractivity contribution in [2.45, 2.75) is 40.3 Å². The zero-order chi connectivity index (χ0) is 18.7. The first-order valence-corrected chi connectivity index (χ1v) is 9.53. The Morgan fingerprint density at radius 1 is 1.38 bits per heavy atom. The van der Waals surface area contributed by atoms with Gasteiger partial charge in [0.25, 0.3) is 0 Å².